The van der Waals surface area contributed by atoms with Crippen molar-refractivity contribution in [1.82, 2.24) is 5.32 Å². The van der Waals surface area contributed by atoms with Crippen molar-refractivity contribution in [2.45, 2.75) is 32.0 Å². The number of halogens is 3. The van der Waals surface area contributed by atoms with Crippen LogP contribution >= 0.6 is 11.3 Å². The van der Waals surface area contributed by atoms with Gasteiger partial charge in [0.05, 0.1) is 0 Å². The zero-order chi connectivity index (χ0) is 13.9. The van der Waals surface area contributed by atoms with Gasteiger partial charge in [0.15, 0.2) is 0 Å². The van der Waals surface area contributed by atoms with Gasteiger partial charge in [-0.2, -0.15) is 13.2 Å². The molecule has 0 bridgehead atoms. The minimum absolute atomic E-state index is 0.0814. The monoisotopic (exact) mass is 287 g/mol. The van der Waals surface area contributed by atoms with Gasteiger partial charge in [-0.05, 0) is 35.4 Å². The first kappa shape index (κ1) is 14.3. The van der Waals surface area contributed by atoms with Gasteiger partial charge in [-0.1, -0.05) is 25.1 Å². The highest BCUT2D eigenvalue weighted by molar-refractivity contribution is 7.17. The molecule has 0 radical (unpaired) electrons. The highest BCUT2D eigenvalue weighted by Gasteiger charge is 2.29. The second-order valence-corrected chi connectivity index (χ2v) is 5.36. The molecule has 1 atom stereocenters. The lowest BCUT2D eigenvalue weighted by atomic mass is 10.0. The molecule has 0 spiro atoms. The van der Waals surface area contributed by atoms with Gasteiger partial charge in [0, 0.05) is 17.2 Å². The molecule has 2 rings (SSSR count). The summed E-state index contributed by atoms with van der Waals surface area (Å²) in [5.74, 6) is 0. The van der Waals surface area contributed by atoms with Crippen LogP contribution in [0.4, 0.5) is 13.2 Å². The lowest BCUT2D eigenvalue weighted by Gasteiger charge is -2.18. The van der Waals surface area contributed by atoms with Gasteiger partial charge in [-0.25, -0.2) is 0 Å². The summed E-state index contributed by atoms with van der Waals surface area (Å²) < 4.78 is 38.3. The lowest BCUT2D eigenvalue weighted by molar-refractivity contribution is -0.136. The molecule has 1 unspecified atom stereocenters. The highest BCUT2D eigenvalue weighted by atomic mass is 32.1. The number of hydrogen-bond donors (Lipinski definition) is 1. The molecule has 0 aliphatic rings. The van der Waals surface area contributed by atoms with Crippen LogP contribution in [0.25, 0.3) is 10.1 Å². The molecule has 2 aromatic rings. The van der Waals surface area contributed by atoms with Crippen molar-refractivity contribution >= 4 is 21.4 Å². The van der Waals surface area contributed by atoms with E-state index < -0.39 is 12.6 Å². The van der Waals surface area contributed by atoms with Crippen molar-refractivity contribution in [2.24, 2.45) is 0 Å². The van der Waals surface area contributed by atoms with Crippen molar-refractivity contribution in [3.8, 4) is 0 Å². The summed E-state index contributed by atoms with van der Waals surface area (Å²) in [6.07, 6.45) is -4.77. The Morgan fingerprint density at radius 3 is 2.68 bits per heavy atom. The molecule has 1 N–H and O–H groups in total. The van der Waals surface area contributed by atoms with Gasteiger partial charge < -0.3 is 5.32 Å². The van der Waals surface area contributed by atoms with Crippen molar-refractivity contribution < 1.29 is 13.2 Å². The van der Waals surface area contributed by atoms with Gasteiger partial charge in [0.1, 0.15) is 0 Å². The van der Waals surface area contributed by atoms with Gasteiger partial charge in [0.2, 0.25) is 0 Å². The van der Waals surface area contributed by atoms with Crippen LogP contribution in [0, 0.1) is 0 Å². The molecule has 5 heteroatoms. The van der Waals surface area contributed by atoms with Crippen molar-refractivity contribution in [3.63, 3.8) is 0 Å². The largest absolute Gasteiger partial charge is 0.389 e. The lowest BCUT2D eigenvalue weighted by Crippen LogP contribution is -2.22. The number of nitrogens with one attached hydrogen (secondary N) is 1. The van der Waals surface area contributed by atoms with E-state index in [1.54, 1.807) is 11.3 Å². The summed E-state index contributed by atoms with van der Waals surface area (Å²) in [5.41, 5.74) is 0.978. The maximum absolute atomic E-state index is 12.4. The fourth-order valence-electron chi connectivity index (χ4n) is 2.19. The minimum atomic E-state index is -4.10. The molecule has 0 fully saturated rings. The van der Waals surface area contributed by atoms with E-state index in [0.717, 1.165) is 15.6 Å². The van der Waals surface area contributed by atoms with Crippen LogP contribution in [-0.4, -0.2) is 12.7 Å². The van der Waals surface area contributed by atoms with E-state index >= 15 is 0 Å². The maximum Gasteiger partial charge on any atom is 0.389 e. The van der Waals surface area contributed by atoms with Gasteiger partial charge in [-0.3, -0.25) is 0 Å². The first-order valence-corrected chi connectivity index (χ1v) is 7.15. The SMILES string of the molecule is CCNC(CCC(F)(F)F)c1csc2ccccc12. The van der Waals surface area contributed by atoms with Crippen LogP contribution in [0.15, 0.2) is 29.6 Å². The van der Waals surface area contributed by atoms with Crippen LogP contribution in [-0.2, 0) is 0 Å². The third-order valence-electron chi connectivity index (χ3n) is 3.05. The van der Waals surface area contributed by atoms with Crippen LogP contribution in [0.2, 0.25) is 0 Å². The van der Waals surface area contributed by atoms with E-state index in [9.17, 15) is 13.2 Å². The van der Waals surface area contributed by atoms with Crippen LogP contribution in [0.3, 0.4) is 0 Å². The quantitative estimate of drug-likeness (QED) is 0.825. The fraction of sp³-hybridized carbons (Fsp3) is 0.429. The van der Waals surface area contributed by atoms with Gasteiger partial charge >= 0.3 is 6.18 Å². The third-order valence-corrected chi connectivity index (χ3v) is 4.04. The fourth-order valence-corrected chi connectivity index (χ4v) is 3.21. The summed E-state index contributed by atoms with van der Waals surface area (Å²) in [7, 11) is 0. The minimum Gasteiger partial charge on any atom is -0.310 e. The first-order valence-electron chi connectivity index (χ1n) is 6.27. The maximum atomic E-state index is 12.4. The van der Waals surface area contributed by atoms with Crippen molar-refractivity contribution in [1.29, 1.82) is 0 Å². The summed E-state index contributed by atoms with van der Waals surface area (Å²) >= 11 is 1.58. The molecule has 19 heavy (non-hydrogen) atoms. The average molecular weight is 287 g/mol. The molecule has 104 valence electrons. The summed E-state index contributed by atoms with van der Waals surface area (Å²) in [6, 6.07) is 7.60. The number of thiophene rings is 1. The predicted molar refractivity (Wildman–Crippen MR) is 73.5 cm³/mol. The van der Waals surface area contributed by atoms with E-state index in [4.69, 9.17) is 0 Å². The standard InChI is InChI=1S/C14H16F3NS/c1-2-18-12(7-8-14(15,16)17)11-9-19-13-6-4-3-5-10(11)13/h3-6,9,12,18H,2,7-8H2,1H3. The molecule has 0 amide bonds. The Balaban J connectivity index is 2.23. The van der Waals surface area contributed by atoms with Crippen molar-refractivity contribution in [3.05, 3.63) is 35.2 Å². The van der Waals surface area contributed by atoms with Crippen LogP contribution in [0.5, 0.6) is 0 Å². The summed E-state index contributed by atoms with van der Waals surface area (Å²) in [6.45, 7) is 2.57. The highest BCUT2D eigenvalue weighted by Crippen LogP contribution is 2.34. The second-order valence-electron chi connectivity index (χ2n) is 4.45. The van der Waals surface area contributed by atoms with Gasteiger partial charge in [-0.15, -0.1) is 11.3 Å². The number of alkyl halides is 3. The molecule has 0 saturated carbocycles. The number of benzene rings is 1. The van der Waals surface area contributed by atoms with E-state index in [-0.39, 0.29) is 12.5 Å². The Labute approximate surface area is 114 Å². The molecular weight excluding hydrogens is 271 g/mol. The number of hydrogen-bond acceptors (Lipinski definition) is 2. The van der Waals surface area contributed by atoms with Crippen LogP contribution < -0.4 is 5.32 Å². The number of fused-ring (bicyclic) bond motifs is 1. The van der Waals surface area contributed by atoms with E-state index in [1.165, 1.54) is 0 Å². The smallest absolute Gasteiger partial charge is 0.310 e. The first-order chi connectivity index (χ1) is 9.01. The van der Waals surface area contributed by atoms with Crippen LogP contribution in [0.1, 0.15) is 31.4 Å². The van der Waals surface area contributed by atoms with E-state index in [2.05, 4.69) is 5.32 Å². The molecule has 0 aliphatic carbocycles. The predicted octanol–water partition coefficient (Wildman–Crippen LogP) is 4.89. The Bertz CT molecular complexity index is 533. The average Bonchev–Trinajstić information content (AvgIpc) is 2.77. The molecule has 1 nitrogen and oxygen atoms in total. The second kappa shape index (κ2) is 5.92. The molecule has 0 saturated heterocycles. The van der Waals surface area contributed by atoms with Gasteiger partial charge in [0.25, 0.3) is 0 Å². The Morgan fingerprint density at radius 1 is 1.26 bits per heavy atom. The van der Waals surface area contributed by atoms with E-state index in [1.807, 2.05) is 36.6 Å². The third kappa shape index (κ3) is 3.70. The molecule has 0 aliphatic heterocycles. The Morgan fingerprint density at radius 2 is 2.00 bits per heavy atom. The topological polar surface area (TPSA) is 12.0 Å². The summed E-state index contributed by atoms with van der Waals surface area (Å²) in [4.78, 5) is 0. The molecular formula is C14H16F3NS. The summed E-state index contributed by atoms with van der Waals surface area (Å²) in [5, 5.41) is 6.18. The number of rotatable bonds is 5. The Kier molecular flexibility index (Phi) is 4.47. The molecule has 1 aromatic heterocycles. The zero-order valence-electron chi connectivity index (χ0n) is 10.6. The zero-order valence-corrected chi connectivity index (χ0v) is 11.4. The van der Waals surface area contributed by atoms with Crippen molar-refractivity contribution in [2.75, 3.05) is 6.54 Å². The normalized spacial score (nSPS) is 13.9. The molecule has 1 heterocycles. The Hall–Kier alpha value is -1.07. The molecule has 1 aromatic carbocycles. The van der Waals surface area contributed by atoms with E-state index in [0.29, 0.717) is 6.54 Å².